The standard InChI is InChI=1S/C8H15N5/c1-3-4-5-6-9-7-8-10-12-13(2)11-8/h3-4,9H,5-7H2,1-2H3/b4-3+. The van der Waals surface area contributed by atoms with Gasteiger partial charge < -0.3 is 5.32 Å². The van der Waals surface area contributed by atoms with E-state index in [1.54, 1.807) is 7.05 Å². The van der Waals surface area contributed by atoms with Gasteiger partial charge in [-0.05, 0) is 25.1 Å². The maximum absolute atomic E-state index is 4.04. The Morgan fingerprint density at radius 2 is 2.38 bits per heavy atom. The van der Waals surface area contributed by atoms with E-state index in [2.05, 4.69) is 26.8 Å². The summed E-state index contributed by atoms with van der Waals surface area (Å²) in [5.74, 6) is 0.739. The van der Waals surface area contributed by atoms with Gasteiger partial charge in [0.05, 0.1) is 13.6 Å². The third-order valence-electron chi connectivity index (χ3n) is 1.56. The van der Waals surface area contributed by atoms with Crippen LogP contribution in [-0.2, 0) is 13.6 Å². The lowest BCUT2D eigenvalue weighted by atomic mass is 10.4. The lowest BCUT2D eigenvalue weighted by molar-refractivity contribution is 0.620. The smallest absolute Gasteiger partial charge is 0.188 e. The largest absolute Gasteiger partial charge is 0.309 e. The number of nitrogens with zero attached hydrogens (tertiary/aromatic N) is 4. The van der Waals surface area contributed by atoms with Gasteiger partial charge in [0, 0.05) is 0 Å². The Balaban J connectivity index is 2.13. The highest BCUT2D eigenvalue weighted by atomic mass is 15.6. The van der Waals surface area contributed by atoms with Gasteiger partial charge >= 0.3 is 0 Å². The first-order chi connectivity index (χ1) is 6.33. The molecular formula is C8H15N5. The van der Waals surface area contributed by atoms with Crippen LogP contribution >= 0.6 is 0 Å². The summed E-state index contributed by atoms with van der Waals surface area (Å²) in [5, 5.41) is 14.9. The second kappa shape index (κ2) is 5.42. The van der Waals surface area contributed by atoms with Crippen LogP contribution in [0.3, 0.4) is 0 Å². The van der Waals surface area contributed by atoms with Gasteiger partial charge in [0.2, 0.25) is 0 Å². The lowest BCUT2D eigenvalue weighted by Gasteiger charge is -1.96. The molecule has 1 rings (SSSR count). The highest BCUT2D eigenvalue weighted by molar-refractivity contribution is 4.79. The quantitative estimate of drug-likeness (QED) is 0.523. The predicted molar refractivity (Wildman–Crippen MR) is 49.9 cm³/mol. The van der Waals surface area contributed by atoms with Crippen molar-refractivity contribution in [2.24, 2.45) is 7.05 Å². The monoisotopic (exact) mass is 181 g/mol. The van der Waals surface area contributed by atoms with E-state index in [1.165, 1.54) is 4.80 Å². The molecule has 13 heavy (non-hydrogen) atoms. The van der Waals surface area contributed by atoms with Crippen molar-refractivity contribution >= 4 is 0 Å². The number of nitrogens with one attached hydrogen (secondary N) is 1. The zero-order valence-electron chi connectivity index (χ0n) is 8.06. The molecule has 1 aromatic heterocycles. The first-order valence-corrected chi connectivity index (χ1v) is 4.37. The van der Waals surface area contributed by atoms with Crippen molar-refractivity contribution < 1.29 is 0 Å². The van der Waals surface area contributed by atoms with Gasteiger partial charge in [-0.1, -0.05) is 12.2 Å². The van der Waals surface area contributed by atoms with E-state index in [-0.39, 0.29) is 0 Å². The van der Waals surface area contributed by atoms with Crippen LogP contribution in [0.5, 0.6) is 0 Å². The molecule has 0 aliphatic carbocycles. The Kier molecular flexibility index (Phi) is 4.11. The summed E-state index contributed by atoms with van der Waals surface area (Å²) in [6.07, 6.45) is 5.20. The Morgan fingerprint density at radius 3 is 3.00 bits per heavy atom. The molecule has 0 aromatic carbocycles. The molecule has 0 saturated carbocycles. The first kappa shape index (κ1) is 9.85. The number of rotatable bonds is 5. The van der Waals surface area contributed by atoms with Crippen molar-refractivity contribution in [1.29, 1.82) is 0 Å². The minimum Gasteiger partial charge on any atom is -0.309 e. The topological polar surface area (TPSA) is 55.6 Å². The third kappa shape index (κ3) is 3.80. The van der Waals surface area contributed by atoms with Gasteiger partial charge in [-0.3, -0.25) is 0 Å². The number of tetrazole rings is 1. The molecule has 5 heteroatoms. The molecule has 0 spiro atoms. The summed E-state index contributed by atoms with van der Waals surface area (Å²) < 4.78 is 0. The van der Waals surface area contributed by atoms with Crippen LogP contribution in [0.1, 0.15) is 19.2 Å². The van der Waals surface area contributed by atoms with Crippen LogP contribution < -0.4 is 5.32 Å². The van der Waals surface area contributed by atoms with Crippen molar-refractivity contribution in [2.75, 3.05) is 6.54 Å². The van der Waals surface area contributed by atoms with Crippen molar-refractivity contribution in [3.05, 3.63) is 18.0 Å². The Labute approximate surface area is 77.8 Å². The Hall–Kier alpha value is -1.23. The van der Waals surface area contributed by atoms with Crippen LogP contribution in [0, 0.1) is 0 Å². The summed E-state index contributed by atoms with van der Waals surface area (Å²) >= 11 is 0. The minimum absolute atomic E-state index is 0.686. The lowest BCUT2D eigenvalue weighted by Crippen LogP contribution is -2.15. The normalized spacial score (nSPS) is 11.2. The molecule has 0 atom stereocenters. The predicted octanol–water partition coefficient (Wildman–Crippen LogP) is 0.266. The summed E-state index contributed by atoms with van der Waals surface area (Å²) in [6, 6.07) is 0. The van der Waals surface area contributed by atoms with Gasteiger partial charge in [-0.25, -0.2) is 0 Å². The van der Waals surface area contributed by atoms with Crippen LogP contribution in [0.2, 0.25) is 0 Å². The van der Waals surface area contributed by atoms with Crippen LogP contribution in [0.4, 0.5) is 0 Å². The highest BCUT2D eigenvalue weighted by Gasteiger charge is 1.97. The number of hydrogen-bond acceptors (Lipinski definition) is 4. The third-order valence-corrected chi connectivity index (χ3v) is 1.56. The van der Waals surface area contributed by atoms with Crippen LogP contribution in [0.15, 0.2) is 12.2 Å². The molecule has 0 unspecified atom stereocenters. The molecule has 0 radical (unpaired) electrons. The maximum atomic E-state index is 4.04. The van der Waals surface area contributed by atoms with Crippen molar-refractivity contribution in [1.82, 2.24) is 25.5 Å². The molecule has 0 fully saturated rings. The fourth-order valence-electron chi connectivity index (χ4n) is 0.946. The van der Waals surface area contributed by atoms with E-state index >= 15 is 0 Å². The summed E-state index contributed by atoms with van der Waals surface area (Å²) in [4.78, 5) is 1.46. The molecule has 72 valence electrons. The van der Waals surface area contributed by atoms with E-state index in [0.29, 0.717) is 6.54 Å². The number of aryl methyl sites for hydroxylation is 1. The van der Waals surface area contributed by atoms with Gasteiger partial charge in [-0.15, -0.1) is 10.2 Å². The van der Waals surface area contributed by atoms with E-state index < -0.39 is 0 Å². The number of aromatic nitrogens is 4. The van der Waals surface area contributed by atoms with E-state index in [4.69, 9.17) is 0 Å². The SMILES string of the molecule is C/C=C/CCNCc1nnn(C)n1. The van der Waals surface area contributed by atoms with Crippen molar-refractivity contribution in [3.63, 3.8) is 0 Å². The van der Waals surface area contributed by atoms with Crippen molar-refractivity contribution in [2.45, 2.75) is 19.9 Å². The Morgan fingerprint density at radius 1 is 1.54 bits per heavy atom. The van der Waals surface area contributed by atoms with Gasteiger partial charge in [-0.2, -0.15) is 4.80 Å². The van der Waals surface area contributed by atoms with Crippen LogP contribution in [-0.4, -0.2) is 26.8 Å². The zero-order chi connectivity index (χ0) is 9.52. The molecule has 0 saturated heterocycles. The molecule has 0 amide bonds. The van der Waals surface area contributed by atoms with Gasteiger partial charge in [0.15, 0.2) is 5.82 Å². The summed E-state index contributed by atoms with van der Waals surface area (Å²) in [5.41, 5.74) is 0. The molecule has 5 nitrogen and oxygen atoms in total. The number of hydrogen-bond donors (Lipinski definition) is 1. The first-order valence-electron chi connectivity index (χ1n) is 4.37. The molecule has 0 bridgehead atoms. The molecule has 1 heterocycles. The fourth-order valence-corrected chi connectivity index (χ4v) is 0.946. The molecule has 0 aliphatic rings. The van der Waals surface area contributed by atoms with E-state index in [9.17, 15) is 0 Å². The Bertz CT molecular complexity index is 265. The number of allylic oxidation sites excluding steroid dienone is 1. The van der Waals surface area contributed by atoms with Crippen LogP contribution in [0.25, 0.3) is 0 Å². The van der Waals surface area contributed by atoms with Gasteiger partial charge in [0.25, 0.3) is 0 Å². The highest BCUT2D eigenvalue weighted by Crippen LogP contribution is 1.85. The fraction of sp³-hybridized carbons (Fsp3) is 0.625. The van der Waals surface area contributed by atoms with Gasteiger partial charge in [0.1, 0.15) is 0 Å². The summed E-state index contributed by atoms with van der Waals surface area (Å²) in [6.45, 7) is 3.65. The second-order valence-corrected chi connectivity index (χ2v) is 2.73. The average molecular weight is 181 g/mol. The molecular weight excluding hydrogens is 166 g/mol. The molecule has 1 aromatic rings. The molecule has 0 aliphatic heterocycles. The molecule has 1 N–H and O–H groups in total. The summed E-state index contributed by atoms with van der Waals surface area (Å²) in [7, 11) is 1.76. The van der Waals surface area contributed by atoms with Crippen molar-refractivity contribution in [3.8, 4) is 0 Å². The van der Waals surface area contributed by atoms with E-state index in [0.717, 1.165) is 18.8 Å². The van der Waals surface area contributed by atoms with E-state index in [1.807, 2.05) is 13.0 Å². The second-order valence-electron chi connectivity index (χ2n) is 2.73. The average Bonchev–Trinajstić information content (AvgIpc) is 2.51. The zero-order valence-corrected chi connectivity index (χ0v) is 8.06. The maximum Gasteiger partial charge on any atom is 0.188 e. The minimum atomic E-state index is 0.686.